The zero-order valence-corrected chi connectivity index (χ0v) is 13.1. The van der Waals surface area contributed by atoms with Crippen LogP contribution in [-0.4, -0.2) is 30.8 Å². The summed E-state index contributed by atoms with van der Waals surface area (Å²) in [5, 5.41) is 0. The maximum Gasteiger partial charge on any atom is 0.134 e. The van der Waals surface area contributed by atoms with E-state index >= 15 is 0 Å². The summed E-state index contributed by atoms with van der Waals surface area (Å²) in [5.41, 5.74) is 1.60. The van der Waals surface area contributed by atoms with Crippen LogP contribution in [0.3, 0.4) is 0 Å². The van der Waals surface area contributed by atoms with Gasteiger partial charge in [-0.15, -0.1) is 0 Å². The molecule has 1 heterocycles. The monoisotopic (exact) mass is 306 g/mol. The number of rotatable bonds is 6. The number of benzene rings is 1. The quantitative estimate of drug-likeness (QED) is 0.829. The molecule has 0 bridgehead atoms. The number of hydrogen-bond donors (Lipinski definition) is 1. The van der Waals surface area contributed by atoms with Crippen molar-refractivity contribution in [1.82, 2.24) is 9.97 Å². The standard InChI is InChI=1S/C15H18N2O3S/c1-4-20-9-13-16-10(8-14(21)17-13)15-11(18-2)6-5-7-12(15)19-3/h5-8H,4,9H2,1-3H3,(H,16,17,21). The highest BCUT2D eigenvalue weighted by atomic mass is 32.1. The minimum Gasteiger partial charge on any atom is -0.496 e. The number of H-pyrrole nitrogens is 1. The van der Waals surface area contributed by atoms with Crippen molar-refractivity contribution in [3.63, 3.8) is 0 Å². The Balaban J connectivity index is 2.55. The molecule has 0 aliphatic carbocycles. The zero-order chi connectivity index (χ0) is 15.2. The van der Waals surface area contributed by atoms with Gasteiger partial charge >= 0.3 is 0 Å². The second-order valence-electron chi connectivity index (χ2n) is 4.25. The van der Waals surface area contributed by atoms with Crippen molar-refractivity contribution in [2.75, 3.05) is 20.8 Å². The highest BCUT2D eigenvalue weighted by molar-refractivity contribution is 7.71. The Morgan fingerprint density at radius 1 is 1.19 bits per heavy atom. The average molecular weight is 306 g/mol. The number of aromatic amines is 1. The maximum atomic E-state index is 5.42. The Bertz CT molecular complexity index is 648. The molecule has 0 spiro atoms. The van der Waals surface area contributed by atoms with E-state index in [0.29, 0.717) is 35.2 Å². The van der Waals surface area contributed by atoms with E-state index in [1.807, 2.05) is 25.1 Å². The Morgan fingerprint density at radius 3 is 2.43 bits per heavy atom. The van der Waals surface area contributed by atoms with Crippen molar-refractivity contribution in [3.8, 4) is 22.8 Å². The summed E-state index contributed by atoms with van der Waals surface area (Å²) in [7, 11) is 3.24. The van der Waals surface area contributed by atoms with E-state index in [0.717, 1.165) is 11.3 Å². The highest BCUT2D eigenvalue weighted by Crippen LogP contribution is 2.37. The molecule has 1 N–H and O–H groups in total. The van der Waals surface area contributed by atoms with Crippen LogP contribution in [0, 0.1) is 4.64 Å². The van der Waals surface area contributed by atoms with E-state index in [2.05, 4.69) is 9.97 Å². The molecule has 1 aromatic heterocycles. The Labute approximate surface area is 128 Å². The topological polar surface area (TPSA) is 56.4 Å². The van der Waals surface area contributed by atoms with Gasteiger partial charge in [0.25, 0.3) is 0 Å². The van der Waals surface area contributed by atoms with Crippen LogP contribution in [0.2, 0.25) is 0 Å². The van der Waals surface area contributed by atoms with Crippen LogP contribution < -0.4 is 9.47 Å². The van der Waals surface area contributed by atoms with Crippen LogP contribution in [0.5, 0.6) is 11.5 Å². The third-order valence-electron chi connectivity index (χ3n) is 2.93. The fourth-order valence-electron chi connectivity index (χ4n) is 2.03. The summed E-state index contributed by atoms with van der Waals surface area (Å²) in [5.74, 6) is 2.08. The maximum absolute atomic E-state index is 5.42. The van der Waals surface area contributed by atoms with Gasteiger partial charge in [0.05, 0.1) is 25.5 Å². The molecule has 1 aromatic carbocycles. The third-order valence-corrected chi connectivity index (χ3v) is 3.14. The van der Waals surface area contributed by atoms with Gasteiger partial charge in [-0.1, -0.05) is 18.3 Å². The van der Waals surface area contributed by atoms with Gasteiger partial charge in [0, 0.05) is 6.61 Å². The fourth-order valence-corrected chi connectivity index (χ4v) is 2.25. The molecule has 0 atom stereocenters. The number of ether oxygens (including phenoxy) is 3. The van der Waals surface area contributed by atoms with Crippen LogP contribution in [0.15, 0.2) is 24.3 Å². The van der Waals surface area contributed by atoms with E-state index in [1.165, 1.54) is 0 Å². The molecule has 0 amide bonds. The highest BCUT2D eigenvalue weighted by Gasteiger charge is 2.14. The summed E-state index contributed by atoms with van der Waals surface area (Å²) in [6.45, 7) is 2.93. The van der Waals surface area contributed by atoms with E-state index in [9.17, 15) is 0 Å². The number of nitrogens with one attached hydrogen (secondary N) is 1. The van der Waals surface area contributed by atoms with Crippen molar-refractivity contribution in [2.45, 2.75) is 13.5 Å². The van der Waals surface area contributed by atoms with Gasteiger partial charge in [-0.05, 0) is 25.1 Å². The van der Waals surface area contributed by atoms with Crippen molar-refractivity contribution in [2.24, 2.45) is 0 Å². The first kappa shape index (κ1) is 15.5. The van der Waals surface area contributed by atoms with Crippen molar-refractivity contribution in [3.05, 3.63) is 34.7 Å². The third kappa shape index (κ3) is 3.59. The molecule has 5 nitrogen and oxygen atoms in total. The predicted molar refractivity (Wildman–Crippen MR) is 83.3 cm³/mol. The van der Waals surface area contributed by atoms with E-state index in [-0.39, 0.29) is 0 Å². The molecular weight excluding hydrogens is 288 g/mol. The SMILES string of the molecule is CCOCc1nc(=S)cc(-c2c(OC)cccc2OC)[nH]1. The number of aromatic nitrogens is 2. The molecule has 21 heavy (non-hydrogen) atoms. The van der Waals surface area contributed by atoms with Crippen LogP contribution in [-0.2, 0) is 11.3 Å². The molecule has 6 heteroatoms. The summed E-state index contributed by atoms with van der Waals surface area (Å²) in [4.78, 5) is 7.48. The summed E-state index contributed by atoms with van der Waals surface area (Å²) >= 11 is 5.23. The average Bonchev–Trinajstić information content (AvgIpc) is 2.51. The van der Waals surface area contributed by atoms with E-state index in [4.69, 9.17) is 26.4 Å². The molecule has 2 rings (SSSR count). The number of methoxy groups -OCH3 is 2. The minimum absolute atomic E-state index is 0.380. The minimum atomic E-state index is 0.380. The van der Waals surface area contributed by atoms with Gasteiger partial charge in [0.15, 0.2) is 0 Å². The number of nitrogens with zero attached hydrogens (tertiary/aromatic N) is 1. The van der Waals surface area contributed by atoms with E-state index < -0.39 is 0 Å². The van der Waals surface area contributed by atoms with Crippen LogP contribution in [0.25, 0.3) is 11.3 Å². The Hall–Kier alpha value is -1.92. The molecule has 0 saturated heterocycles. The second kappa shape index (κ2) is 7.19. The first-order chi connectivity index (χ1) is 10.2. The second-order valence-corrected chi connectivity index (χ2v) is 4.67. The van der Waals surface area contributed by atoms with Crippen molar-refractivity contribution >= 4 is 12.2 Å². The van der Waals surface area contributed by atoms with Gasteiger partial charge in [-0.3, -0.25) is 0 Å². The molecule has 112 valence electrons. The van der Waals surface area contributed by atoms with E-state index in [1.54, 1.807) is 20.3 Å². The Morgan fingerprint density at radius 2 is 1.86 bits per heavy atom. The normalized spacial score (nSPS) is 10.4. The van der Waals surface area contributed by atoms with Crippen molar-refractivity contribution in [1.29, 1.82) is 0 Å². The molecule has 2 aromatic rings. The zero-order valence-electron chi connectivity index (χ0n) is 12.3. The van der Waals surface area contributed by atoms with Crippen LogP contribution >= 0.6 is 12.2 Å². The largest absolute Gasteiger partial charge is 0.496 e. The van der Waals surface area contributed by atoms with Crippen LogP contribution in [0.4, 0.5) is 0 Å². The molecule has 0 saturated carbocycles. The summed E-state index contributed by atoms with van der Waals surface area (Å²) in [6, 6.07) is 7.40. The summed E-state index contributed by atoms with van der Waals surface area (Å²) < 4.78 is 16.7. The predicted octanol–water partition coefficient (Wildman–Crippen LogP) is 3.36. The first-order valence-corrected chi connectivity index (χ1v) is 6.99. The first-order valence-electron chi connectivity index (χ1n) is 6.59. The van der Waals surface area contributed by atoms with Gasteiger partial charge in [-0.25, -0.2) is 4.98 Å². The molecule has 0 radical (unpaired) electrons. The lowest BCUT2D eigenvalue weighted by Gasteiger charge is -2.14. The number of hydrogen-bond acceptors (Lipinski definition) is 5. The Kier molecular flexibility index (Phi) is 5.30. The molecule has 0 unspecified atom stereocenters. The van der Waals surface area contributed by atoms with Crippen LogP contribution in [0.1, 0.15) is 12.7 Å². The van der Waals surface area contributed by atoms with Gasteiger partial charge in [0.2, 0.25) is 0 Å². The molecule has 0 aliphatic heterocycles. The lowest BCUT2D eigenvalue weighted by Crippen LogP contribution is -2.02. The van der Waals surface area contributed by atoms with Gasteiger partial charge in [-0.2, -0.15) is 0 Å². The molecular formula is C15H18N2O3S. The smallest absolute Gasteiger partial charge is 0.134 e. The van der Waals surface area contributed by atoms with Gasteiger partial charge in [0.1, 0.15) is 28.6 Å². The van der Waals surface area contributed by atoms with Crippen molar-refractivity contribution < 1.29 is 14.2 Å². The lowest BCUT2D eigenvalue weighted by molar-refractivity contribution is 0.128. The lowest BCUT2D eigenvalue weighted by atomic mass is 10.1. The molecule has 0 aliphatic rings. The van der Waals surface area contributed by atoms with Gasteiger partial charge < -0.3 is 19.2 Å². The summed E-state index contributed by atoms with van der Waals surface area (Å²) in [6.07, 6.45) is 0. The fraction of sp³-hybridized carbons (Fsp3) is 0.333. The molecule has 0 fully saturated rings.